The van der Waals surface area contributed by atoms with Crippen molar-refractivity contribution in [3.05, 3.63) is 46.8 Å². The molecule has 2 fully saturated rings. The molecule has 2 heterocycles. The fourth-order valence-corrected chi connectivity index (χ4v) is 5.81. The number of likely N-dealkylation sites (tertiary alicyclic amines) is 1. The third-order valence-electron chi connectivity index (χ3n) is 7.77. The molecule has 178 valence electrons. The van der Waals surface area contributed by atoms with Crippen LogP contribution in [-0.2, 0) is 17.6 Å². The van der Waals surface area contributed by atoms with Gasteiger partial charge in [0.25, 0.3) is 11.8 Å². The van der Waals surface area contributed by atoms with Crippen molar-refractivity contribution >= 4 is 11.8 Å². The monoisotopic (exact) mass is 468 g/mol. The Bertz CT molecular complexity index is 1260. The van der Waals surface area contributed by atoms with Gasteiger partial charge in [-0.2, -0.15) is 5.10 Å². The van der Waals surface area contributed by atoms with E-state index < -0.39 is 29.8 Å². The van der Waals surface area contributed by atoms with Gasteiger partial charge in [-0.05, 0) is 48.8 Å². The number of amides is 2. The molecule has 4 atom stereocenters. The summed E-state index contributed by atoms with van der Waals surface area (Å²) in [4.78, 5) is 25.8. The number of nitrogens with two attached hydrogens (primary N) is 1. The highest BCUT2D eigenvalue weighted by Crippen LogP contribution is 2.59. The molecule has 1 aliphatic heterocycles. The Kier molecular flexibility index (Phi) is 5.06. The van der Waals surface area contributed by atoms with Crippen LogP contribution in [0.25, 0.3) is 5.69 Å². The van der Waals surface area contributed by atoms with Crippen LogP contribution >= 0.6 is 0 Å². The molecule has 1 aromatic carbocycles. The number of rotatable bonds is 3. The van der Waals surface area contributed by atoms with Crippen LogP contribution < -0.4 is 5.73 Å². The normalized spacial score (nSPS) is 29.8. The lowest BCUT2D eigenvalue weighted by molar-refractivity contribution is -0.137. The van der Waals surface area contributed by atoms with Gasteiger partial charge in [-0.15, -0.1) is 0 Å². The largest absolute Gasteiger partial charge is 0.369 e. The Labute approximate surface area is 195 Å². The summed E-state index contributed by atoms with van der Waals surface area (Å²) in [5.74, 6) is 3.59. The first-order valence-electron chi connectivity index (χ1n) is 11.3. The van der Waals surface area contributed by atoms with Crippen molar-refractivity contribution in [2.75, 3.05) is 13.6 Å². The van der Waals surface area contributed by atoms with Crippen LogP contribution in [0, 0.1) is 29.1 Å². The summed E-state index contributed by atoms with van der Waals surface area (Å²) in [5, 5.41) is 15.0. The van der Waals surface area contributed by atoms with Crippen molar-refractivity contribution in [1.29, 1.82) is 0 Å². The molecule has 7 nitrogen and oxygen atoms in total. The number of hydrogen-bond donors (Lipinski definition) is 2. The van der Waals surface area contributed by atoms with Crippen LogP contribution in [0.15, 0.2) is 24.3 Å². The van der Waals surface area contributed by atoms with E-state index in [9.17, 15) is 23.5 Å². The van der Waals surface area contributed by atoms with Gasteiger partial charge < -0.3 is 15.7 Å². The molecule has 5 rings (SSSR count). The molecule has 3 aliphatic rings. The van der Waals surface area contributed by atoms with Gasteiger partial charge in [0.05, 0.1) is 5.69 Å². The van der Waals surface area contributed by atoms with Crippen LogP contribution in [0.2, 0.25) is 0 Å². The van der Waals surface area contributed by atoms with E-state index in [0.717, 1.165) is 5.69 Å². The van der Waals surface area contributed by atoms with E-state index in [4.69, 9.17) is 5.73 Å². The second-order valence-corrected chi connectivity index (χ2v) is 10.0. The topological polar surface area (TPSA) is 101 Å². The zero-order valence-corrected chi connectivity index (χ0v) is 19.0. The van der Waals surface area contributed by atoms with Crippen LogP contribution in [0.1, 0.15) is 47.1 Å². The van der Waals surface area contributed by atoms with E-state index in [0.29, 0.717) is 42.6 Å². The summed E-state index contributed by atoms with van der Waals surface area (Å²) >= 11 is 0. The Balaban J connectivity index is 1.52. The molecule has 2 amide bonds. The van der Waals surface area contributed by atoms with E-state index in [1.165, 1.54) is 4.90 Å². The molecule has 9 heteroatoms. The van der Waals surface area contributed by atoms with Gasteiger partial charge in [-0.25, -0.2) is 13.5 Å². The fourth-order valence-electron chi connectivity index (χ4n) is 5.81. The van der Waals surface area contributed by atoms with E-state index in [1.807, 2.05) is 13.0 Å². The van der Waals surface area contributed by atoms with Crippen molar-refractivity contribution in [3.63, 3.8) is 0 Å². The van der Waals surface area contributed by atoms with Crippen LogP contribution in [-0.4, -0.2) is 57.2 Å². The number of carbonyl (C=O) groups excluding carboxylic acids is 2. The van der Waals surface area contributed by atoms with Crippen LogP contribution in [0.3, 0.4) is 0 Å². The molecule has 1 saturated heterocycles. The fraction of sp³-hybridized carbons (Fsp3) is 0.480. The summed E-state index contributed by atoms with van der Waals surface area (Å²) in [6.45, 7) is 2.45. The zero-order valence-electron chi connectivity index (χ0n) is 19.0. The summed E-state index contributed by atoms with van der Waals surface area (Å²) < 4.78 is 28.6. The Morgan fingerprint density at radius 2 is 2.15 bits per heavy atom. The predicted octanol–water partition coefficient (Wildman–Crippen LogP) is 1.92. The van der Waals surface area contributed by atoms with Crippen molar-refractivity contribution in [2.45, 2.75) is 44.6 Å². The minimum absolute atomic E-state index is 0.113. The van der Waals surface area contributed by atoms with Crippen molar-refractivity contribution < 1.29 is 23.5 Å². The van der Waals surface area contributed by atoms with Crippen molar-refractivity contribution in [3.8, 4) is 17.5 Å². The number of fused-ring (bicyclic) bond motifs is 2. The first-order chi connectivity index (χ1) is 16.0. The van der Waals surface area contributed by atoms with Gasteiger partial charge in [0.1, 0.15) is 0 Å². The summed E-state index contributed by atoms with van der Waals surface area (Å²) in [5.41, 5.74) is 6.38. The smallest absolute Gasteiger partial charge is 0.269 e. The van der Waals surface area contributed by atoms with Gasteiger partial charge in [0.15, 0.2) is 5.69 Å². The molecule has 34 heavy (non-hydrogen) atoms. The van der Waals surface area contributed by atoms with E-state index in [-0.39, 0.29) is 23.4 Å². The summed E-state index contributed by atoms with van der Waals surface area (Å²) in [6, 6.07) is 7.09. The van der Waals surface area contributed by atoms with E-state index >= 15 is 0 Å². The Morgan fingerprint density at radius 3 is 2.79 bits per heavy atom. The lowest BCUT2D eigenvalue weighted by atomic mass is 9.49. The van der Waals surface area contributed by atoms with Gasteiger partial charge in [0, 0.05) is 42.8 Å². The molecular weight excluding hydrogens is 442 g/mol. The Morgan fingerprint density at radius 1 is 1.38 bits per heavy atom. The highest BCUT2D eigenvalue weighted by Gasteiger charge is 2.57. The van der Waals surface area contributed by atoms with Gasteiger partial charge in [-0.3, -0.25) is 9.59 Å². The standard InChI is InChI=1S/C25H26F2N4O3/c1-24-12-17(21(26)27)18(24)11-16-19(13-24)31(29-20(16)22(28)32)15-5-3-4-14(10-15)6-7-25(34)8-9-30(2)23(25)33/h3-5,10,17-18,21,34H,8-9,11-13H2,1-2H3,(H2,28,32)/t17?,18?,24-,25-/m0/s1. The molecule has 2 aliphatic carbocycles. The summed E-state index contributed by atoms with van der Waals surface area (Å²) in [6.07, 6.45) is -0.848. The number of aromatic nitrogens is 2. The van der Waals surface area contributed by atoms with Gasteiger partial charge in [0.2, 0.25) is 12.0 Å². The maximum Gasteiger partial charge on any atom is 0.269 e. The average molecular weight is 469 g/mol. The number of hydrogen-bond acceptors (Lipinski definition) is 4. The SMILES string of the molecule is CN1CC[C@@](O)(C#Cc2cccc(-n3nc(C(N)=O)c4c3C[C@]3(C)CC(C(F)F)C3C4)c2)C1=O. The minimum Gasteiger partial charge on any atom is -0.369 e. The number of likely N-dealkylation sites (N-methyl/N-ethyl adjacent to an activating group) is 1. The van der Waals surface area contributed by atoms with Gasteiger partial charge in [-0.1, -0.05) is 24.8 Å². The first kappa shape index (κ1) is 22.5. The number of aliphatic hydroxyl groups is 1. The van der Waals surface area contributed by atoms with Crippen LogP contribution in [0.4, 0.5) is 8.78 Å². The van der Waals surface area contributed by atoms with Crippen LogP contribution in [0.5, 0.6) is 0 Å². The minimum atomic E-state index is -2.39. The third kappa shape index (κ3) is 3.40. The van der Waals surface area contributed by atoms with Crippen molar-refractivity contribution in [1.82, 2.24) is 14.7 Å². The molecular formula is C25H26F2N4O3. The number of nitrogens with zero attached hydrogens (tertiary/aromatic N) is 3. The van der Waals surface area contributed by atoms with E-state index in [1.54, 1.807) is 29.9 Å². The molecule has 2 aromatic rings. The second kappa shape index (κ2) is 7.64. The quantitative estimate of drug-likeness (QED) is 0.672. The molecule has 0 radical (unpaired) electrons. The molecule has 3 N–H and O–H groups in total. The molecule has 0 bridgehead atoms. The molecule has 1 aromatic heterocycles. The number of carbonyl (C=O) groups is 2. The molecule has 1 saturated carbocycles. The van der Waals surface area contributed by atoms with Gasteiger partial charge >= 0.3 is 0 Å². The lowest BCUT2D eigenvalue weighted by Crippen LogP contribution is -2.53. The molecule has 0 spiro atoms. The average Bonchev–Trinajstić information content (AvgIpc) is 3.27. The maximum atomic E-state index is 13.5. The van der Waals surface area contributed by atoms with E-state index in [2.05, 4.69) is 16.9 Å². The zero-order chi connectivity index (χ0) is 24.4. The number of benzene rings is 1. The van der Waals surface area contributed by atoms with Crippen molar-refractivity contribution in [2.24, 2.45) is 23.0 Å². The Hall–Kier alpha value is -3.25. The predicted molar refractivity (Wildman–Crippen MR) is 119 cm³/mol. The molecule has 2 unspecified atom stereocenters. The lowest BCUT2D eigenvalue weighted by Gasteiger charge is -2.55. The second-order valence-electron chi connectivity index (χ2n) is 10.0. The summed E-state index contributed by atoms with van der Waals surface area (Å²) in [7, 11) is 1.62. The highest BCUT2D eigenvalue weighted by atomic mass is 19.3. The third-order valence-corrected chi connectivity index (χ3v) is 7.77. The number of primary amides is 1. The first-order valence-corrected chi connectivity index (χ1v) is 11.3. The maximum absolute atomic E-state index is 13.5. The highest BCUT2D eigenvalue weighted by molar-refractivity contribution is 5.93. The number of alkyl halides is 2. The number of halogens is 2.